The van der Waals surface area contributed by atoms with Crippen molar-refractivity contribution in [3.8, 4) is 0 Å². The van der Waals surface area contributed by atoms with Crippen LogP contribution in [0.1, 0.15) is 12.8 Å². The Labute approximate surface area is 134 Å². The maximum Gasteiger partial charge on any atom is 0.317 e. The molecule has 0 spiro atoms. The van der Waals surface area contributed by atoms with Gasteiger partial charge in [0.05, 0.1) is 11.6 Å². The van der Waals surface area contributed by atoms with Crippen molar-refractivity contribution in [2.75, 3.05) is 38.1 Å². The topological polar surface area (TPSA) is 72.9 Å². The molecule has 1 aromatic carbocycles. The lowest BCUT2D eigenvalue weighted by Gasteiger charge is -2.21. The highest BCUT2D eigenvalue weighted by Gasteiger charge is 2.30. The lowest BCUT2D eigenvalue weighted by Crippen LogP contribution is -2.40. The Hall–Kier alpha value is -2.31. The maximum absolute atomic E-state index is 13.6. The molecule has 126 valence electrons. The first-order valence-electron chi connectivity index (χ1n) is 7.70. The standard InChI is InChI=1S/C16H22FN3O3/c1-19(14-6-3-2-5-13(14)17)9-4-8-18-16(23)20-10-7-12(11-20)15(21)22/h2-3,5-6,12H,4,7-11H2,1H3,(H,18,23)(H,21,22). The summed E-state index contributed by atoms with van der Waals surface area (Å²) in [6.07, 6.45) is 1.17. The fraction of sp³-hybridized carbons (Fsp3) is 0.500. The highest BCUT2D eigenvalue weighted by Crippen LogP contribution is 2.17. The third-order valence-corrected chi connectivity index (χ3v) is 4.03. The van der Waals surface area contributed by atoms with Crippen LogP contribution in [0.3, 0.4) is 0 Å². The number of carbonyl (C=O) groups excluding carboxylic acids is 1. The van der Waals surface area contributed by atoms with E-state index in [4.69, 9.17) is 5.11 Å². The molecule has 0 radical (unpaired) electrons. The zero-order valence-corrected chi connectivity index (χ0v) is 13.2. The van der Waals surface area contributed by atoms with E-state index in [-0.39, 0.29) is 18.4 Å². The number of likely N-dealkylation sites (tertiary alicyclic amines) is 1. The molecule has 1 aromatic rings. The van der Waals surface area contributed by atoms with Crippen LogP contribution in [0.4, 0.5) is 14.9 Å². The van der Waals surface area contributed by atoms with Gasteiger partial charge in [0.2, 0.25) is 0 Å². The number of hydrogen-bond acceptors (Lipinski definition) is 3. The van der Waals surface area contributed by atoms with Crippen LogP contribution >= 0.6 is 0 Å². The Bertz CT molecular complexity index is 567. The molecule has 1 unspecified atom stereocenters. The van der Waals surface area contributed by atoms with Crippen LogP contribution < -0.4 is 10.2 Å². The predicted octanol–water partition coefficient (Wildman–Crippen LogP) is 1.77. The molecule has 2 amide bonds. The molecule has 1 atom stereocenters. The van der Waals surface area contributed by atoms with E-state index in [1.54, 1.807) is 30.1 Å². The van der Waals surface area contributed by atoms with Crippen molar-refractivity contribution in [2.45, 2.75) is 12.8 Å². The first kappa shape index (κ1) is 17.1. The Morgan fingerprint density at radius 1 is 1.43 bits per heavy atom. The van der Waals surface area contributed by atoms with E-state index in [0.717, 1.165) is 0 Å². The number of amides is 2. The number of carbonyl (C=O) groups is 2. The zero-order valence-electron chi connectivity index (χ0n) is 13.2. The number of hydrogen-bond donors (Lipinski definition) is 2. The number of para-hydroxylation sites is 1. The Morgan fingerprint density at radius 2 is 2.17 bits per heavy atom. The van der Waals surface area contributed by atoms with Gasteiger partial charge in [-0.2, -0.15) is 0 Å². The van der Waals surface area contributed by atoms with Gasteiger partial charge in [0, 0.05) is 33.2 Å². The number of nitrogens with one attached hydrogen (secondary N) is 1. The van der Waals surface area contributed by atoms with Crippen molar-refractivity contribution < 1.29 is 19.1 Å². The van der Waals surface area contributed by atoms with Crippen LogP contribution in [0.25, 0.3) is 0 Å². The molecule has 0 saturated carbocycles. The van der Waals surface area contributed by atoms with E-state index in [1.165, 1.54) is 11.0 Å². The van der Waals surface area contributed by atoms with Crippen molar-refractivity contribution in [1.29, 1.82) is 0 Å². The minimum absolute atomic E-state index is 0.234. The minimum Gasteiger partial charge on any atom is -0.481 e. The van der Waals surface area contributed by atoms with Gasteiger partial charge in [0.1, 0.15) is 5.82 Å². The van der Waals surface area contributed by atoms with Crippen molar-refractivity contribution in [2.24, 2.45) is 5.92 Å². The highest BCUT2D eigenvalue weighted by atomic mass is 19.1. The van der Waals surface area contributed by atoms with Gasteiger partial charge in [-0.1, -0.05) is 12.1 Å². The van der Waals surface area contributed by atoms with Crippen LogP contribution in [-0.2, 0) is 4.79 Å². The van der Waals surface area contributed by atoms with E-state index in [2.05, 4.69) is 5.32 Å². The quantitative estimate of drug-likeness (QED) is 0.783. The third-order valence-electron chi connectivity index (χ3n) is 4.03. The SMILES string of the molecule is CN(CCCNC(=O)N1CCC(C(=O)O)C1)c1ccccc1F. The molecule has 7 heteroatoms. The van der Waals surface area contributed by atoms with Gasteiger partial charge < -0.3 is 20.2 Å². The molecule has 2 N–H and O–H groups in total. The van der Waals surface area contributed by atoms with E-state index in [9.17, 15) is 14.0 Å². The minimum atomic E-state index is -0.855. The molecule has 23 heavy (non-hydrogen) atoms. The lowest BCUT2D eigenvalue weighted by molar-refractivity contribution is -0.141. The Balaban J connectivity index is 1.68. The van der Waals surface area contributed by atoms with Crippen LogP contribution in [0.15, 0.2) is 24.3 Å². The maximum atomic E-state index is 13.6. The fourth-order valence-corrected chi connectivity index (χ4v) is 2.65. The van der Waals surface area contributed by atoms with Gasteiger partial charge >= 0.3 is 12.0 Å². The van der Waals surface area contributed by atoms with Crippen molar-refractivity contribution in [3.63, 3.8) is 0 Å². The predicted molar refractivity (Wildman–Crippen MR) is 85.0 cm³/mol. The molecular formula is C16H22FN3O3. The van der Waals surface area contributed by atoms with Crippen LogP contribution in [0.5, 0.6) is 0 Å². The second-order valence-electron chi connectivity index (χ2n) is 5.73. The largest absolute Gasteiger partial charge is 0.481 e. The smallest absolute Gasteiger partial charge is 0.317 e. The van der Waals surface area contributed by atoms with Crippen LogP contribution in [0.2, 0.25) is 0 Å². The number of aliphatic carboxylic acids is 1. The number of anilines is 1. The number of nitrogens with zero attached hydrogens (tertiary/aromatic N) is 2. The van der Waals surface area contributed by atoms with Crippen LogP contribution in [-0.4, -0.2) is 55.2 Å². The Kier molecular flexibility index (Phi) is 5.78. The van der Waals surface area contributed by atoms with E-state index in [1.807, 2.05) is 0 Å². The third kappa shape index (κ3) is 4.58. The molecule has 2 rings (SSSR count). The highest BCUT2D eigenvalue weighted by molar-refractivity contribution is 5.77. The fourth-order valence-electron chi connectivity index (χ4n) is 2.65. The molecule has 1 aliphatic rings. The number of carboxylic acid groups (broad SMARTS) is 1. The van der Waals surface area contributed by atoms with Crippen molar-refractivity contribution >= 4 is 17.7 Å². The average Bonchev–Trinajstić information content (AvgIpc) is 3.02. The van der Waals surface area contributed by atoms with Gasteiger partial charge in [-0.15, -0.1) is 0 Å². The van der Waals surface area contributed by atoms with E-state index in [0.29, 0.717) is 38.2 Å². The van der Waals surface area contributed by atoms with Crippen molar-refractivity contribution in [1.82, 2.24) is 10.2 Å². The molecule has 1 saturated heterocycles. The van der Waals surface area contributed by atoms with Gasteiger partial charge in [-0.3, -0.25) is 4.79 Å². The van der Waals surface area contributed by atoms with E-state index < -0.39 is 11.9 Å². The second-order valence-corrected chi connectivity index (χ2v) is 5.73. The summed E-state index contributed by atoms with van der Waals surface area (Å²) in [5.74, 6) is -1.59. The number of benzene rings is 1. The molecule has 1 heterocycles. The first-order chi connectivity index (χ1) is 11.0. The lowest BCUT2D eigenvalue weighted by atomic mass is 10.1. The number of carboxylic acids is 1. The van der Waals surface area contributed by atoms with Gasteiger partial charge in [-0.25, -0.2) is 9.18 Å². The summed E-state index contributed by atoms with van der Waals surface area (Å²) >= 11 is 0. The average molecular weight is 323 g/mol. The molecule has 1 fully saturated rings. The molecule has 1 aliphatic heterocycles. The summed E-state index contributed by atoms with van der Waals surface area (Å²) in [6, 6.07) is 6.32. The first-order valence-corrected chi connectivity index (χ1v) is 7.70. The van der Waals surface area contributed by atoms with E-state index >= 15 is 0 Å². The summed E-state index contributed by atoms with van der Waals surface area (Å²) < 4.78 is 13.6. The molecule has 0 aromatic heterocycles. The molecular weight excluding hydrogens is 301 g/mol. The Morgan fingerprint density at radius 3 is 2.83 bits per heavy atom. The van der Waals surface area contributed by atoms with Crippen molar-refractivity contribution in [3.05, 3.63) is 30.1 Å². The van der Waals surface area contributed by atoms with Gasteiger partial charge in [0.15, 0.2) is 0 Å². The van der Waals surface area contributed by atoms with Gasteiger partial charge in [-0.05, 0) is 25.0 Å². The van der Waals surface area contributed by atoms with Gasteiger partial charge in [0.25, 0.3) is 0 Å². The number of halogens is 1. The summed E-state index contributed by atoms with van der Waals surface area (Å²) in [6.45, 7) is 1.80. The summed E-state index contributed by atoms with van der Waals surface area (Å²) in [4.78, 5) is 26.1. The molecule has 0 bridgehead atoms. The summed E-state index contributed by atoms with van der Waals surface area (Å²) in [5.41, 5.74) is 0.530. The number of urea groups is 1. The summed E-state index contributed by atoms with van der Waals surface area (Å²) in [5, 5.41) is 11.7. The second kappa shape index (κ2) is 7.80. The normalized spacial score (nSPS) is 17.1. The monoisotopic (exact) mass is 323 g/mol. The summed E-state index contributed by atoms with van der Waals surface area (Å²) in [7, 11) is 1.80. The zero-order chi connectivity index (χ0) is 16.8. The number of rotatable bonds is 6. The molecule has 6 nitrogen and oxygen atoms in total. The molecule has 0 aliphatic carbocycles. The van der Waals surface area contributed by atoms with Crippen LogP contribution in [0, 0.1) is 11.7 Å².